The van der Waals surface area contributed by atoms with E-state index in [2.05, 4.69) is 22.4 Å². The van der Waals surface area contributed by atoms with Crippen molar-refractivity contribution < 1.29 is 14.4 Å². The summed E-state index contributed by atoms with van der Waals surface area (Å²) in [6.45, 7) is 8.16. The molecule has 0 spiro atoms. The molecule has 0 radical (unpaired) electrons. The quantitative estimate of drug-likeness (QED) is 0.801. The third kappa shape index (κ3) is 4.62. The Balaban J connectivity index is 1.56. The normalized spacial score (nSPS) is 15.5. The van der Waals surface area contributed by atoms with Crippen LogP contribution >= 0.6 is 0 Å². The molecule has 0 bridgehead atoms. The van der Waals surface area contributed by atoms with Gasteiger partial charge in [0.15, 0.2) is 6.04 Å². The van der Waals surface area contributed by atoms with Crippen LogP contribution in [0.4, 0.5) is 11.4 Å². The van der Waals surface area contributed by atoms with E-state index in [9.17, 15) is 4.79 Å². The van der Waals surface area contributed by atoms with Crippen LogP contribution in [0.3, 0.4) is 0 Å². The van der Waals surface area contributed by atoms with Crippen LogP contribution in [0.2, 0.25) is 0 Å². The van der Waals surface area contributed by atoms with E-state index in [1.807, 2.05) is 32.0 Å². The van der Waals surface area contributed by atoms with Crippen LogP contribution in [0, 0.1) is 11.3 Å². The van der Waals surface area contributed by atoms with E-state index in [0.717, 1.165) is 43.3 Å². The van der Waals surface area contributed by atoms with E-state index in [4.69, 9.17) is 10.00 Å². The molecule has 6 heteroatoms. The van der Waals surface area contributed by atoms with Gasteiger partial charge in [0.05, 0.1) is 50.1 Å². The van der Waals surface area contributed by atoms with E-state index >= 15 is 0 Å². The average Bonchev–Trinajstić information content (AvgIpc) is 2.74. The van der Waals surface area contributed by atoms with E-state index in [-0.39, 0.29) is 11.9 Å². The predicted molar refractivity (Wildman–Crippen MR) is 110 cm³/mol. The van der Waals surface area contributed by atoms with E-state index in [0.29, 0.717) is 12.2 Å². The number of amides is 1. The number of nitriles is 1. The lowest BCUT2D eigenvalue weighted by atomic mass is 10.1. The maximum Gasteiger partial charge on any atom is 0.282 e. The van der Waals surface area contributed by atoms with Crippen LogP contribution in [0.1, 0.15) is 19.4 Å². The third-order valence-corrected chi connectivity index (χ3v) is 5.20. The number of nitrogens with zero attached hydrogens (tertiary/aromatic N) is 2. The van der Waals surface area contributed by atoms with Gasteiger partial charge in [-0.15, -0.1) is 0 Å². The zero-order chi connectivity index (χ0) is 19.9. The SMILES string of the molecule is CCOc1ccccc1N1CC[NH+]([C@H](C)C(=O)Nc2ccc(C#N)cc2)CC1. The summed E-state index contributed by atoms with van der Waals surface area (Å²) in [6.07, 6.45) is 0. The minimum Gasteiger partial charge on any atom is -0.492 e. The molecule has 2 aromatic rings. The minimum absolute atomic E-state index is 0.00266. The van der Waals surface area contributed by atoms with Gasteiger partial charge in [0, 0.05) is 5.69 Å². The molecule has 3 rings (SSSR count). The smallest absolute Gasteiger partial charge is 0.282 e. The largest absolute Gasteiger partial charge is 0.492 e. The first-order valence-corrected chi connectivity index (χ1v) is 9.74. The molecule has 1 aliphatic rings. The molecular formula is C22H27N4O2+. The number of benzene rings is 2. The van der Waals surface area contributed by atoms with Gasteiger partial charge >= 0.3 is 0 Å². The standard InChI is InChI=1S/C22H26N4O2/c1-3-28-21-7-5-4-6-20(21)26-14-12-25(13-15-26)17(2)22(27)24-19-10-8-18(16-23)9-11-19/h4-11,17H,3,12-15H2,1-2H3,(H,24,27)/p+1/t17-/m1/s1. The van der Waals surface area contributed by atoms with Crippen molar-refractivity contribution in [3.05, 3.63) is 54.1 Å². The van der Waals surface area contributed by atoms with Crippen LogP contribution in [-0.4, -0.2) is 44.7 Å². The molecular weight excluding hydrogens is 352 g/mol. The Morgan fingerprint density at radius 1 is 1.21 bits per heavy atom. The summed E-state index contributed by atoms with van der Waals surface area (Å²) in [5, 5.41) is 11.8. The van der Waals surface area contributed by atoms with Gasteiger partial charge < -0.3 is 19.9 Å². The highest BCUT2D eigenvalue weighted by molar-refractivity contribution is 5.93. The van der Waals surface area contributed by atoms with Crippen LogP contribution in [-0.2, 0) is 4.79 Å². The molecule has 1 atom stereocenters. The lowest BCUT2D eigenvalue weighted by Gasteiger charge is -2.36. The first-order valence-electron chi connectivity index (χ1n) is 9.74. The second-order valence-corrected chi connectivity index (χ2v) is 6.95. The van der Waals surface area contributed by atoms with Crippen molar-refractivity contribution in [1.29, 1.82) is 5.26 Å². The number of piperazine rings is 1. The molecule has 2 aromatic carbocycles. The van der Waals surface area contributed by atoms with Crippen molar-refractivity contribution in [3.63, 3.8) is 0 Å². The number of carbonyl (C=O) groups is 1. The summed E-state index contributed by atoms with van der Waals surface area (Å²) in [4.78, 5) is 16.2. The van der Waals surface area contributed by atoms with Gasteiger partial charge in [-0.2, -0.15) is 5.26 Å². The van der Waals surface area contributed by atoms with E-state index < -0.39 is 0 Å². The van der Waals surface area contributed by atoms with Gasteiger partial charge in [-0.05, 0) is 50.2 Å². The van der Waals surface area contributed by atoms with Gasteiger partial charge in [0.25, 0.3) is 5.91 Å². The fourth-order valence-electron chi connectivity index (χ4n) is 3.53. The average molecular weight is 379 g/mol. The van der Waals surface area contributed by atoms with Gasteiger partial charge in [0.2, 0.25) is 0 Å². The van der Waals surface area contributed by atoms with Crippen molar-refractivity contribution in [2.45, 2.75) is 19.9 Å². The molecule has 1 amide bonds. The molecule has 146 valence electrons. The summed E-state index contributed by atoms with van der Waals surface area (Å²) in [5.41, 5.74) is 2.43. The number of hydrogen-bond acceptors (Lipinski definition) is 4. The lowest BCUT2D eigenvalue weighted by Crippen LogP contribution is -3.19. The third-order valence-electron chi connectivity index (χ3n) is 5.20. The van der Waals surface area contributed by atoms with Crippen LogP contribution in [0.25, 0.3) is 0 Å². The molecule has 2 N–H and O–H groups in total. The molecule has 0 aliphatic carbocycles. The lowest BCUT2D eigenvalue weighted by molar-refractivity contribution is -0.914. The van der Waals surface area contributed by atoms with Crippen molar-refractivity contribution in [1.82, 2.24) is 0 Å². The van der Waals surface area contributed by atoms with Crippen molar-refractivity contribution in [2.75, 3.05) is 43.0 Å². The Kier molecular flexibility index (Phi) is 6.51. The number of hydrogen-bond donors (Lipinski definition) is 2. The van der Waals surface area contributed by atoms with Crippen molar-refractivity contribution >= 4 is 17.3 Å². The number of quaternary nitrogens is 1. The maximum atomic E-state index is 12.6. The maximum absolute atomic E-state index is 12.6. The monoisotopic (exact) mass is 379 g/mol. The van der Waals surface area contributed by atoms with Gasteiger partial charge in [-0.1, -0.05) is 12.1 Å². The highest BCUT2D eigenvalue weighted by atomic mass is 16.5. The number of nitrogens with one attached hydrogen (secondary N) is 2. The molecule has 0 saturated carbocycles. The first-order chi connectivity index (χ1) is 13.6. The molecule has 1 fully saturated rings. The molecule has 6 nitrogen and oxygen atoms in total. The Morgan fingerprint density at radius 2 is 1.89 bits per heavy atom. The van der Waals surface area contributed by atoms with E-state index in [1.165, 1.54) is 4.90 Å². The van der Waals surface area contributed by atoms with Crippen molar-refractivity contribution in [2.24, 2.45) is 0 Å². The molecule has 1 heterocycles. The fraction of sp³-hybridized carbons (Fsp3) is 0.364. The highest BCUT2D eigenvalue weighted by Crippen LogP contribution is 2.27. The Bertz CT molecular complexity index is 836. The minimum atomic E-state index is -0.139. The summed E-state index contributed by atoms with van der Waals surface area (Å²) >= 11 is 0. The number of anilines is 2. The predicted octanol–water partition coefficient (Wildman–Crippen LogP) is 1.69. The van der Waals surface area contributed by atoms with Crippen LogP contribution in [0.5, 0.6) is 5.75 Å². The molecule has 0 unspecified atom stereocenters. The second kappa shape index (κ2) is 9.25. The number of para-hydroxylation sites is 2. The molecule has 28 heavy (non-hydrogen) atoms. The molecule has 1 aliphatic heterocycles. The second-order valence-electron chi connectivity index (χ2n) is 6.95. The topological polar surface area (TPSA) is 69.8 Å². The number of ether oxygens (including phenoxy) is 1. The van der Waals surface area contributed by atoms with Crippen LogP contribution in [0.15, 0.2) is 48.5 Å². The van der Waals surface area contributed by atoms with Gasteiger partial charge in [0.1, 0.15) is 5.75 Å². The van der Waals surface area contributed by atoms with Gasteiger partial charge in [-0.25, -0.2) is 0 Å². The molecule has 1 saturated heterocycles. The zero-order valence-corrected chi connectivity index (χ0v) is 16.4. The summed E-state index contributed by atoms with van der Waals surface area (Å²) in [6, 6.07) is 17.0. The summed E-state index contributed by atoms with van der Waals surface area (Å²) in [5.74, 6) is 0.919. The Labute approximate surface area is 166 Å². The van der Waals surface area contributed by atoms with Gasteiger partial charge in [-0.3, -0.25) is 4.79 Å². The summed E-state index contributed by atoms with van der Waals surface area (Å²) < 4.78 is 5.75. The highest BCUT2D eigenvalue weighted by Gasteiger charge is 2.30. The first kappa shape index (κ1) is 19.7. The molecule has 0 aromatic heterocycles. The number of rotatable bonds is 6. The fourth-order valence-corrected chi connectivity index (χ4v) is 3.53. The zero-order valence-electron chi connectivity index (χ0n) is 16.4. The van der Waals surface area contributed by atoms with E-state index in [1.54, 1.807) is 24.3 Å². The summed E-state index contributed by atoms with van der Waals surface area (Å²) in [7, 11) is 0. The Hall–Kier alpha value is -3.04. The number of carbonyl (C=O) groups excluding carboxylic acids is 1. The van der Waals surface area contributed by atoms with Crippen molar-refractivity contribution in [3.8, 4) is 11.8 Å². The Morgan fingerprint density at radius 3 is 2.54 bits per heavy atom. The van der Waals surface area contributed by atoms with Crippen LogP contribution < -0.4 is 19.9 Å².